The second kappa shape index (κ2) is 35.4. The van der Waals surface area contributed by atoms with Crippen LogP contribution in [0, 0.1) is 5.92 Å². The molecule has 22 N–H and O–H groups in total. The largest absolute Gasteiger partial charge is 0.481 e. The molecule has 87 heavy (non-hydrogen) atoms. The van der Waals surface area contributed by atoms with E-state index in [9.17, 15) is 107 Å². The molecule has 12 atom stereocenters. The number of amides is 11. The van der Waals surface area contributed by atoms with Crippen molar-refractivity contribution in [2.45, 2.75) is 139 Å². The highest BCUT2D eigenvalue weighted by molar-refractivity contribution is 6.04. The fraction of sp³-hybridized carbons (Fsp3) is 0.540. The number of aliphatic hydroxyl groups excluding tert-OH is 1. The number of aliphatic carboxylic acids is 4. The number of aliphatic hydroxyl groups is 1. The molecule has 0 spiro atoms. The normalized spacial score (nSPS) is 24.0. The third-order valence-electron chi connectivity index (χ3n) is 12.5. The minimum Gasteiger partial charge on any atom is -0.481 e. The molecule has 11 amide bonds. The summed E-state index contributed by atoms with van der Waals surface area (Å²) in [5.74, 6) is -25.3. The van der Waals surface area contributed by atoms with Gasteiger partial charge in [-0.3, -0.25) is 76.7 Å². The Morgan fingerprint density at radius 3 is 1.67 bits per heavy atom. The zero-order chi connectivity index (χ0) is 66.0. The highest BCUT2D eigenvalue weighted by Crippen LogP contribution is 2.17. The minimum absolute atomic E-state index is 0.0347. The molecule has 1 aromatic carbocycles. The Bertz CT molecular complexity index is 2780. The summed E-state index contributed by atoms with van der Waals surface area (Å²) in [6.45, 7) is 0.558. The van der Waals surface area contributed by atoms with E-state index in [0.717, 1.165) is 20.8 Å². The highest BCUT2D eigenvalue weighted by Gasteiger charge is 2.40. The molecule has 480 valence electrons. The maximum Gasteiger partial charge on any atom is 0.329 e. The van der Waals surface area contributed by atoms with E-state index in [4.69, 9.17) is 21.9 Å². The number of ketones is 1. The van der Waals surface area contributed by atoms with Gasteiger partial charge in [0.05, 0.1) is 51.4 Å². The van der Waals surface area contributed by atoms with E-state index in [-0.39, 0.29) is 30.6 Å². The van der Waals surface area contributed by atoms with Gasteiger partial charge in [0.15, 0.2) is 5.78 Å². The molecule has 2 rings (SSSR count). The molecule has 1 heterocycles. The summed E-state index contributed by atoms with van der Waals surface area (Å²) in [6, 6.07) is -14.1. The summed E-state index contributed by atoms with van der Waals surface area (Å²) < 4.78 is 5.55. The first kappa shape index (κ1) is 73.2. The number of esters is 1. The maximum atomic E-state index is 14.4. The van der Waals surface area contributed by atoms with Crippen molar-refractivity contribution in [2.24, 2.45) is 17.4 Å². The maximum absolute atomic E-state index is 14.4. The fourth-order valence-electron chi connectivity index (χ4n) is 7.84. The summed E-state index contributed by atoms with van der Waals surface area (Å²) in [6.07, 6.45) is -7.87. The van der Waals surface area contributed by atoms with Crippen LogP contribution < -0.4 is 75.7 Å². The molecule has 1 saturated heterocycles. The lowest BCUT2D eigenvalue weighted by Gasteiger charge is -2.29. The monoisotopic (exact) mass is 1240 g/mol. The first-order valence-corrected chi connectivity index (χ1v) is 26.5. The summed E-state index contributed by atoms with van der Waals surface area (Å²) >= 11 is 0. The van der Waals surface area contributed by atoms with E-state index in [1.54, 1.807) is 0 Å². The number of hydrogen-bond donors (Lipinski definition) is 19. The third kappa shape index (κ3) is 25.1. The van der Waals surface area contributed by atoms with E-state index in [1.807, 2.05) is 16.0 Å². The Labute approximate surface area is 493 Å². The van der Waals surface area contributed by atoms with E-state index in [1.165, 1.54) is 31.2 Å². The Morgan fingerprint density at radius 1 is 0.609 bits per heavy atom. The number of ether oxygens (including phenoxy) is 1. The van der Waals surface area contributed by atoms with E-state index < -0.39 is 225 Å². The summed E-state index contributed by atoms with van der Waals surface area (Å²) in [5, 5.41) is 71.7. The number of benzene rings is 1. The number of anilines is 1. The Kier molecular flexibility index (Phi) is 29.8. The van der Waals surface area contributed by atoms with Crippen molar-refractivity contribution in [2.75, 3.05) is 32.0 Å². The molecule has 11 unspecified atom stereocenters. The first-order valence-electron chi connectivity index (χ1n) is 26.5. The van der Waals surface area contributed by atoms with Crippen molar-refractivity contribution < 1.29 is 112 Å². The zero-order valence-corrected chi connectivity index (χ0v) is 47.3. The molecular weight excluding hydrogens is 1160 g/mol. The number of carboxylic acids is 4. The number of Topliss-reactive ketones (excluding diaryl/α,β-unsaturated/α-hetero) is 1. The Hall–Kier alpha value is -9.91. The van der Waals surface area contributed by atoms with Crippen molar-refractivity contribution >= 4 is 106 Å². The topological polar surface area (TPSA) is 611 Å². The molecular formula is C50H72N14O23. The summed E-state index contributed by atoms with van der Waals surface area (Å²) in [4.78, 5) is 225. The van der Waals surface area contributed by atoms with Crippen molar-refractivity contribution in [1.82, 2.24) is 58.5 Å². The van der Waals surface area contributed by atoms with E-state index in [0.29, 0.717) is 0 Å². The number of para-hydroxylation sites is 1. The molecule has 0 aliphatic carbocycles. The number of nitrogen functional groups attached to an aromatic ring is 1. The van der Waals surface area contributed by atoms with Crippen LogP contribution in [0.25, 0.3) is 0 Å². The number of hydrogen-bond acceptors (Lipinski definition) is 22. The number of nitrogens with one attached hydrogen (secondary N) is 11. The van der Waals surface area contributed by atoms with Crippen LogP contribution in [0.4, 0.5) is 5.69 Å². The van der Waals surface area contributed by atoms with E-state index in [2.05, 4.69) is 42.5 Å². The van der Waals surface area contributed by atoms with Gasteiger partial charge in [0.25, 0.3) is 0 Å². The van der Waals surface area contributed by atoms with Gasteiger partial charge in [-0.25, -0.2) is 4.79 Å². The van der Waals surface area contributed by atoms with Gasteiger partial charge in [0.1, 0.15) is 60.5 Å². The van der Waals surface area contributed by atoms with Gasteiger partial charge in [-0.05, 0) is 58.2 Å². The van der Waals surface area contributed by atoms with Gasteiger partial charge >= 0.3 is 29.8 Å². The second-order valence-corrected chi connectivity index (χ2v) is 19.8. The van der Waals surface area contributed by atoms with Gasteiger partial charge in [-0.15, -0.1) is 0 Å². The lowest BCUT2D eigenvalue weighted by molar-refractivity contribution is -0.156. The van der Waals surface area contributed by atoms with Gasteiger partial charge < -0.3 is 106 Å². The number of nitrogens with two attached hydrogens (primary N) is 3. The summed E-state index contributed by atoms with van der Waals surface area (Å²) in [7, 11) is 0. The molecule has 37 nitrogen and oxygen atoms in total. The SMILES string of the molecule is CC1NC(=O)C(CC(=O)O)NC(=O)C(CCCN)NC(=O)CNC(=O)C(NC(=O)C(CC(=O)O)NC(=O)[C@@H](C)N)C(C)OC(=O)C(CC(=O)c2ccccc2N)NC(=O)C(C(C)CC(=O)O)NC(=O)C(CO)NC(=O)CNC(=O)C(CC(=O)O)NC1=O. The molecule has 37 heteroatoms. The standard InChI is InChI=1S/C50H72N14O23/c1-20(12-35(69)70)39-49(85)62-30(13-32(66)24-8-5-6-9-25(24)53)50(86)87-23(4)40(64-46(82)29(16-38(75)76)59-41(77)21(2)52)48(84)55-18-33(67)57-26(10-7-11-51)44(80)61-28(15-37(73)74)45(81)56-22(3)42(78)60-27(14-36(71)72)43(79)54-17-34(68)58-31(19-65)47(83)63-39/h5-6,8-9,20-23,26-31,39-40,65H,7,10-19,51-53H2,1-4H3,(H,54,79)(H,55,84)(H,56,81)(H,57,67)(H,58,68)(H,59,77)(H,60,78)(H,61,80)(H,62,85)(H,63,83)(H,64,82)(H,69,70)(H,71,72)(H,73,74)(H,75,76)/t20?,21-,22?,23?,26?,27?,28?,29?,30?,31?,39?,40?/m1/s1. The smallest absolute Gasteiger partial charge is 0.329 e. The van der Waals surface area contributed by atoms with E-state index >= 15 is 0 Å². The molecule has 1 fully saturated rings. The minimum atomic E-state index is -2.25. The number of carbonyl (C=O) groups excluding carboxylic acids is 13. The number of cyclic esters (lactones) is 1. The predicted molar refractivity (Wildman–Crippen MR) is 292 cm³/mol. The van der Waals surface area contributed by atoms with Crippen LogP contribution in [0.2, 0.25) is 0 Å². The van der Waals surface area contributed by atoms with Crippen LogP contribution >= 0.6 is 0 Å². The predicted octanol–water partition coefficient (Wildman–Crippen LogP) is -8.98. The zero-order valence-electron chi connectivity index (χ0n) is 47.3. The van der Waals surface area contributed by atoms with Crippen molar-refractivity contribution in [3.8, 4) is 0 Å². The van der Waals surface area contributed by atoms with Gasteiger partial charge in [-0.2, -0.15) is 0 Å². The van der Waals surface area contributed by atoms with Gasteiger partial charge in [0.2, 0.25) is 65.0 Å². The molecule has 0 radical (unpaired) electrons. The van der Waals surface area contributed by atoms with Crippen LogP contribution in [-0.4, -0.2) is 219 Å². The lowest BCUT2D eigenvalue weighted by atomic mass is 9.96. The highest BCUT2D eigenvalue weighted by atomic mass is 16.5. The third-order valence-corrected chi connectivity index (χ3v) is 12.5. The summed E-state index contributed by atoms with van der Waals surface area (Å²) in [5.41, 5.74) is 16.9. The number of carboxylic acid groups (broad SMARTS) is 4. The van der Waals surface area contributed by atoms with Crippen molar-refractivity contribution in [1.29, 1.82) is 0 Å². The molecule has 1 aliphatic heterocycles. The van der Waals surface area contributed by atoms with Crippen LogP contribution in [0.15, 0.2) is 24.3 Å². The molecule has 0 saturated carbocycles. The van der Waals surface area contributed by atoms with Crippen LogP contribution in [0.1, 0.15) is 83.0 Å². The molecule has 0 aromatic heterocycles. The van der Waals surface area contributed by atoms with Crippen LogP contribution in [0.5, 0.6) is 0 Å². The lowest BCUT2D eigenvalue weighted by Crippen LogP contribution is -2.61. The number of carbonyl (C=O) groups is 17. The fourth-order valence-corrected chi connectivity index (χ4v) is 7.84. The molecule has 0 bridgehead atoms. The quantitative estimate of drug-likeness (QED) is 0.0327. The molecule has 1 aromatic rings. The Morgan fingerprint density at radius 2 is 1.13 bits per heavy atom. The Balaban J connectivity index is 2.91. The second-order valence-electron chi connectivity index (χ2n) is 19.8. The van der Waals surface area contributed by atoms with Crippen molar-refractivity contribution in [3.63, 3.8) is 0 Å². The molecule has 1 aliphatic rings. The van der Waals surface area contributed by atoms with Crippen LogP contribution in [-0.2, 0) is 81.4 Å². The first-order chi connectivity index (χ1) is 40.7. The van der Waals surface area contributed by atoms with Crippen molar-refractivity contribution in [3.05, 3.63) is 29.8 Å². The number of rotatable bonds is 20. The van der Waals surface area contributed by atoms with Gasteiger partial charge in [0, 0.05) is 17.7 Å². The van der Waals surface area contributed by atoms with Gasteiger partial charge in [-0.1, -0.05) is 19.1 Å². The van der Waals surface area contributed by atoms with Crippen LogP contribution in [0.3, 0.4) is 0 Å². The average molecular weight is 1240 g/mol. The average Bonchev–Trinajstić information content (AvgIpc) is 3.22.